The molecule has 6 aliphatic rings. The van der Waals surface area contributed by atoms with Crippen molar-refractivity contribution in [3.63, 3.8) is 0 Å². The molecule has 0 radical (unpaired) electrons. The monoisotopic (exact) mass is 387 g/mol. The van der Waals surface area contributed by atoms with Crippen molar-refractivity contribution in [1.29, 1.82) is 0 Å². The van der Waals surface area contributed by atoms with Crippen LogP contribution in [-0.4, -0.2) is 49.4 Å². The van der Waals surface area contributed by atoms with Gasteiger partial charge in [-0.1, -0.05) is 25.5 Å². The van der Waals surface area contributed by atoms with Crippen LogP contribution < -0.4 is 5.32 Å². The number of fused-ring (bicyclic) bond motifs is 8. The van der Waals surface area contributed by atoms with Crippen LogP contribution in [0.1, 0.15) is 46.0 Å². The van der Waals surface area contributed by atoms with Crippen LogP contribution in [0.25, 0.3) is 0 Å². The molecule has 4 aliphatic carbocycles. The first-order chi connectivity index (χ1) is 13.4. The molecule has 28 heavy (non-hydrogen) atoms. The Bertz CT molecular complexity index is 773. The van der Waals surface area contributed by atoms with Crippen LogP contribution in [0.5, 0.6) is 0 Å². The van der Waals surface area contributed by atoms with Crippen molar-refractivity contribution < 1.29 is 23.8 Å². The summed E-state index contributed by atoms with van der Waals surface area (Å²) in [6.45, 7) is 5.75. The van der Waals surface area contributed by atoms with Gasteiger partial charge in [0.15, 0.2) is 5.79 Å². The summed E-state index contributed by atoms with van der Waals surface area (Å²) < 4.78 is 18.4. The van der Waals surface area contributed by atoms with Gasteiger partial charge in [0, 0.05) is 29.6 Å². The zero-order chi connectivity index (χ0) is 19.3. The molecule has 2 saturated heterocycles. The molecule has 8 atom stereocenters. The lowest BCUT2D eigenvalue weighted by Gasteiger charge is -2.57. The minimum absolute atomic E-state index is 0.00862. The number of nitrogens with one attached hydrogen (secondary N) is 1. The van der Waals surface area contributed by atoms with E-state index >= 15 is 0 Å². The molecule has 2 aliphatic heterocycles. The van der Waals surface area contributed by atoms with E-state index in [-0.39, 0.29) is 35.0 Å². The van der Waals surface area contributed by atoms with Gasteiger partial charge >= 0.3 is 0 Å². The lowest BCUT2D eigenvalue weighted by atomic mass is 9.46. The van der Waals surface area contributed by atoms with Crippen LogP contribution in [0.3, 0.4) is 0 Å². The number of carbonyl (C=O) groups is 2. The smallest absolute Gasteiger partial charge is 0.207 e. The Morgan fingerprint density at radius 1 is 1.21 bits per heavy atom. The fourth-order valence-electron chi connectivity index (χ4n) is 8.03. The largest absolute Gasteiger partial charge is 0.366 e. The second kappa shape index (κ2) is 5.46. The van der Waals surface area contributed by atoms with E-state index in [0.717, 1.165) is 32.1 Å². The third-order valence-corrected chi connectivity index (χ3v) is 9.26. The maximum absolute atomic E-state index is 13.7. The van der Waals surface area contributed by atoms with E-state index in [0.29, 0.717) is 37.3 Å². The number of amides is 1. The van der Waals surface area contributed by atoms with Gasteiger partial charge in [0.25, 0.3) is 0 Å². The highest BCUT2D eigenvalue weighted by Gasteiger charge is 2.72. The van der Waals surface area contributed by atoms with Crippen LogP contribution in [0.2, 0.25) is 0 Å². The molecule has 6 heteroatoms. The summed E-state index contributed by atoms with van der Waals surface area (Å²) in [7, 11) is 0. The van der Waals surface area contributed by atoms with Crippen LogP contribution >= 0.6 is 0 Å². The summed E-state index contributed by atoms with van der Waals surface area (Å²) in [4.78, 5) is 24.6. The van der Waals surface area contributed by atoms with Gasteiger partial charge < -0.3 is 19.5 Å². The molecule has 1 amide bonds. The predicted molar refractivity (Wildman–Crippen MR) is 99.1 cm³/mol. The average Bonchev–Trinajstić information content (AvgIpc) is 3.25. The molecule has 0 aromatic heterocycles. The van der Waals surface area contributed by atoms with Crippen molar-refractivity contribution in [1.82, 2.24) is 5.32 Å². The van der Waals surface area contributed by atoms with Crippen LogP contribution in [0.15, 0.2) is 11.6 Å². The molecular formula is C22H29NO5. The van der Waals surface area contributed by atoms with E-state index in [9.17, 15) is 9.59 Å². The van der Waals surface area contributed by atoms with E-state index in [2.05, 4.69) is 25.2 Å². The van der Waals surface area contributed by atoms with Gasteiger partial charge in [-0.2, -0.15) is 0 Å². The number of rotatable bonds is 2. The standard InChI is InChI=1S/C22H29NO5/c1-20-10-16(25)17-13(14(20)5-6-22(20)26-7-8-27-22)4-3-12-9-15(23-11-24)18-19(28-18)21(12,17)2/h9,11,13-15,17-19H,3-8,10H2,1-2H3,(H,23,24)/t13?,14-,15-,17+,18-,19-,20?,21-/m0/s1. The lowest BCUT2D eigenvalue weighted by molar-refractivity contribution is -0.239. The molecule has 6 rings (SSSR count). The molecule has 2 heterocycles. The molecule has 0 bridgehead atoms. The molecule has 1 spiro atoms. The highest BCUT2D eigenvalue weighted by molar-refractivity contribution is 5.85. The third kappa shape index (κ3) is 1.90. The lowest BCUT2D eigenvalue weighted by Crippen LogP contribution is -2.60. The number of carbonyl (C=O) groups excluding carboxylic acids is 2. The molecule has 0 aromatic rings. The Hall–Kier alpha value is -1.24. The van der Waals surface area contributed by atoms with Crippen molar-refractivity contribution in [2.45, 2.75) is 70.0 Å². The first kappa shape index (κ1) is 17.6. The fourth-order valence-corrected chi connectivity index (χ4v) is 8.03. The van der Waals surface area contributed by atoms with Crippen molar-refractivity contribution in [2.75, 3.05) is 13.2 Å². The Labute approximate surface area is 165 Å². The second-order valence-corrected chi connectivity index (χ2v) is 10.1. The second-order valence-electron chi connectivity index (χ2n) is 10.1. The van der Waals surface area contributed by atoms with Gasteiger partial charge in [0.05, 0.1) is 25.4 Å². The van der Waals surface area contributed by atoms with Crippen molar-refractivity contribution in [3.05, 3.63) is 11.6 Å². The maximum atomic E-state index is 13.7. The summed E-state index contributed by atoms with van der Waals surface area (Å²) >= 11 is 0. The van der Waals surface area contributed by atoms with Crippen LogP contribution in [0, 0.1) is 28.6 Å². The molecular weight excluding hydrogens is 358 g/mol. The third-order valence-electron chi connectivity index (χ3n) is 9.26. The molecule has 1 N–H and O–H groups in total. The summed E-state index contributed by atoms with van der Waals surface area (Å²) in [6, 6.07) is -0.0545. The minimum Gasteiger partial charge on any atom is -0.366 e. The number of epoxide rings is 1. The van der Waals surface area contributed by atoms with E-state index < -0.39 is 5.79 Å². The topological polar surface area (TPSA) is 77.2 Å². The number of hydrogen-bond donors (Lipinski definition) is 1. The van der Waals surface area contributed by atoms with Gasteiger partial charge in [0.1, 0.15) is 11.9 Å². The van der Waals surface area contributed by atoms with Crippen LogP contribution in [-0.2, 0) is 23.8 Å². The first-order valence-corrected chi connectivity index (χ1v) is 10.8. The van der Waals surface area contributed by atoms with Crippen molar-refractivity contribution in [3.8, 4) is 0 Å². The zero-order valence-electron chi connectivity index (χ0n) is 16.6. The number of Topliss-reactive ketones (excluding diaryl/α,β-unsaturated/α-hetero) is 1. The van der Waals surface area contributed by atoms with Crippen molar-refractivity contribution in [2.24, 2.45) is 28.6 Å². The molecule has 3 saturated carbocycles. The highest BCUT2D eigenvalue weighted by Crippen LogP contribution is 2.69. The van der Waals surface area contributed by atoms with Gasteiger partial charge in [-0.25, -0.2) is 0 Å². The van der Waals surface area contributed by atoms with E-state index in [4.69, 9.17) is 14.2 Å². The Morgan fingerprint density at radius 2 is 2.00 bits per heavy atom. The number of hydrogen-bond acceptors (Lipinski definition) is 5. The van der Waals surface area contributed by atoms with Crippen LogP contribution in [0.4, 0.5) is 0 Å². The Morgan fingerprint density at radius 3 is 2.75 bits per heavy atom. The maximum Gasteiger partial charge on any atom is 0.207 e. The van der Waals surface area contributed by atoms with Gasteiger partial charge in [-0.15, -0.1) is 0 Å². The van der Waals surface area contributed by atoms with E-state index in [1.807, 2.05) is 0 Å². The minimum atomic E-state index is -0.556. The molecule has 0 aromatic carbocycles. The molecule has 6 nitrogen and oxygen atoms in total. The molecule has 2 unspecified atom stereocenters. The van der Waals surface area contributed by atoms with Gasteiger partial charge in [-0.05, 0) is 31.1 Å². The Kier molecular flexibility index (Phi) is 3.44. The summed E-state index contributed by atoms with van der Waals surface area (Å²) in [5.41, 5.74) is 0.851. The number of ketones is 1. The van der Waals surface area contributed by atoms with Gasteiger partial charge in [0.2, 0.25) is 6.41 Å². The molecule has 152 valence electrons. The highest BCUT2D eigenvalue weighted by atomic mass is 16.7. The molecule has 5 fully saturated rings. The zero-order valence-corrected chi connectivity index (χ0v) is 16.6. The quantitative estimate of drug-likeness (QED) is 0.445. The summed E-state index contributed by atoms with van der Waals surface area (Å²) in [6.07, 6.45) is 7.51. The van der Waals surface area contributed by atoms with E-state index in [1.165, 1.54) is 5.57 Å². The number of ether oxygens (including phenoxy) is 3. The Balaban J connectivity index is 1.38. The normalized spacial score (nSPS) is 52.9. The summed E-state index contributed by atoms with van der Waals surface area (Å²) in [5, 5.41) is 2.89. The predicted octanol–water partition coefficient (Wildman–Crippen LogP) is 1.97. The summed E-state index contributed by atoms with van der Waals surface area (Å²) in [5.74, 6) is 0.623. The van der Waals surface area contributed by atoms with E-state index in [1.54, 1.807) is 0 Å². The van der Waals surface area contributed by atoms with Crippen molar-refractivity contribution >= 4 is 12.2 Å². The average molecular weight is 387 g/mol. The first-order valence-electron chi connectivity index (χ1n) is 10.8. The fraction of sp³-hybridized carbons (Fsp3) is 0.818. The SMILES string of the molecule is CC12CC(=O)[C@H]3C(CCC4=C[C@H](NC=O)[C@@H]5O[C@@H]5[C@@]43C)[C@@H]1CCC21OCCO1. The van der Waals surface area contributed by atoms with Gasteiger partial charge in [-0.3, -0.25) is 9.59 Å².